The van der Waals surface area contributed by atoms with Crippen LogP contribution in [0.5, 0.6) is 0 Å². The average molecular weight is 316 g/mol. The Kier molecular flexibility index (Phi) is 5.23. The molecular formula is C11H13ClF3NO2S. The Morgan fingerprint density at radius 3 is 2.42 bits per heavy atom. The lowest BCUT2D eigenvalue weighted by atomic mass is 10.1. The minimum absolute atomic E-state index is 0.0192. The third kappa shape index (κ3) is 3.61. The Balaban J connectivity index is 3.26. The van der Waals surface area contributed by atoms with Crippen LogP contribution in [0.15, 0.2) is 17.0 Å². The lowest BCUT2D eigenvalue weighted by molar-refractivity contribution is 0.126. The maximum atomic E-state index is 13.6. The quantitative estimate of drug-likeness (QED) is 0.784. The van der Waals surface area contributed by atoms with Crippen molar-refractivity contribution in [3.63, 3.8) is 0 Å². The normalized spacial score (nSPS) is 12.4. The molecule has 0 bridgehead atoms. The van der Waals surface area contributed by atoms with Crippen molar-refractivity contribution in [2.75, 3.05) is 13.6 Å². The van der Waals surface area contributed by atoms with Gasteiger partial charge in [0.15, 0.2) is 0 Å². The predicted octanol–water partition coefficient (Wildman–Crippen LogP) is 2.76. The number of halogens is 4. The number of sulfonamides is 1. The maximum absolute atomic E-state index is 13.6. The average Bonchev–Trinajstić information content (AvgIpc) is 2.31. The molecule has 0 aliphatic rings. The monoisotopic (exact) mass is 315 g/mol. The second-order valence-electron chi connectivity index (χ2n) is 4.02. The van der Waals surface area contributed by atoms with E-state index in [4.69, 9.17) is 11.6 Å². The molecule has 0 fully saturated rings. The van der Waals surface area contributed by atoms with Crippen molar-refractivity contribution in [1.29, 1.82) is 0 Å². The van der Waals surface area contributed by atoms with Crippen molar-refractivity contribution in [2.24, 2.45) is 0 Å². The molecule has 19 heavy (non-hydrogen) atoms. The summed E-state index contributed by atoms with van der Waals surface area (Å²) in [6, 6.07) is 2.16. The Bertz CT molecular complexity index is 563. The summed E-state index contributed by atoms with van der Waals surface area (Å²) in [5, 5.41) is 0. The molecule has 0 spiro atoms. The third-order valence-corrected chi connectivity index (χ3v) is 4.64. The Morgan fingerprint density at radius 1 is 1.37 bits per heavy atom. The number of rotatable bonds is 5. The van der Waals surface area contributed by atoms with E-state index in [9.17, 15) is 21.6 Å². The number of aryl methyl sites for hydroxylation is 1. The van der Waals surface area contributed by atoms with Crippen LogP contribution in [0.1, 0.15) is 11.1 Å². The smallest absolute Gasteiger partial charge is 0.209 e. The molecule has 0 aliphatic heterocycles. The highest BCUT2D eigenvalue weighted by atomic mass is 35.5. The van der Waals surface area contributed by atoms with Crippen LogP contribution in [-0.2, 0) is 15.9 Å². The topological polar surface area (TPSA) is 37.4 Å². The maximum Gasteiger partial charge on any atom is 0.252 e. The van der Waals surface area contributed by atoms with Crippen molar-refractivity contribution in [2.45, 2.75) is 24.1 Å². The molecule has 0 aromatic heterocycles. The summed E-state index contributed by atoms with van der Waals surface area (Å²) in [4.78, 5) is -0.245. The molecule has 0 atom stereocenters. The van der Waals surface area contributed by atoms with Crippen LogP contribution in [0.4, 0.5) is 13.2 Å². The second kappa shape index (κ2) is 6.11. The summed E-state index contributed by atoms with van der Waals surface area (Å²) < 4.78 is 62.6. The van der Waals surface area contributed by atoms with Crippen LogP contribution >= 0.6 is 11.6 Å². The fraction of sp³-hybridized carbons (Fsp3) is 0.455. The molecule has 0 amide bonds. The molecular weight excluding hydrogens is 303 g/mol. The number of hydrogen-bond acceptors (Lipinski definition) is 2. The van der Waals surface area contributed by atoms with Gasteiger partial charge < -0.3 is 0 Å². The molecule has 108 valence electrons. The van der Waals surface area contributed by atoms with Gasteiger partial charge >= 0.3 is 0 Å². The van der Waals surface area contributed by atoms with Crippen LogP contribution < -0.4 is 0 Å². The van der Waals surface area contributed by atoms with E-state index in [1.165, 1.54) is 6.92 Å². The third-order valence-electron chi connectivity index (χ3n) is 2.55. The highest BCUT2D eigenvalue weighted by Gasteiger charge is 2.25. The highest BCUT2D eigenvalue weighted by Crippen LogP contribution is 2.23. The van der Waals surface area contributed by atoms with Crippen LogP contribution in [0, 0.1) is 12.7 Å². The first kappa shape index (κ1) is 16.3. The number of benzene rings is 1. The van der Waals surface area contributed by atoms with E-state index >= 15 is 0 Å². The molecule has 1 aromatic rings. The second-order valence-corrected chi connectivity index (χ2v) is 6.34. The first-order valence-corrected chi connectivity index (χ1v) is 7.27. The van der Waals surface area contributed by atoms with E-state index in [0.29, 0.717) is 4.31 Å². The lowest BCUT2D eigenvalue weighted by Gasteiger charge is -2.17. The van der Waals surface area contributed by atoms with Crippen molar-refractivity contribution in [3.8, 4) is 0 Å². The molecule has 0 aliphatic carbocycles. The lowest BCUT2D eigenvalue weighted by Crippen LogP contribution is -2.31. The summed E-state index contributed by atoms with van der Waals surface area (Å²) in [6.45, 7) is 0.465. The van der Waals surface area contributed by atoms with Crippen molar-refractivity contribution in [3.05, 3.63) is 29.1 Å². The van der Waals surface area contributed by atoms with Crippen LogP contribution in [0.2, 0.25) is 0 Å². The van der Waals surface area contributed by atoms with E-state index in [0.717, 1.165) is 19.2 Å². The number of nitrogens with zero attached hydrogens (tertiary/aromatic N) is 1. The van der Waals surface area contributed by atoms with Gasteiger partial charge in [-0.3, -0.25) is 0 Å². The molecule has 1 aromatic carbocycles. The molecule has 0 saturated heterocycles. The van der Waals surface area contributed by atoms with Crippen molar-refractivity contribution in [1.82, 2.24) is 4.31 Å². The Morgan fingerprint density at radius 2 is 1.95 bits per heavy atom. The molecule has 3 nitrogen and oxygen atoms in total. The van der Waals surface area contributed by atoms with Crippen LogP contribution in [0.3, 0.4) is 0 Å². The van der Waals surface area contributed by atoms with Gasteiger partial charge in [0.05, 0.1) is 17.3 Å². The van der Waals surface area contributed by atoms with Gasteiger partial charge in [0.25, 0.3) is 6.43 Å². The molecule has 0 radical (unpaired) electrons. The Hall–Kier alpha value is -0.790. The van der Waals surface area contributed by atoms with E-state index in [1.807, 2.05) is 0 Å². The van der Waals surface area contributed by atoms with Gasteiger partial charge in [-0.15, -0.1) is 11.6 Å². The van der Waals surface area contributed by atoms with Gasteiger partial charge in [0, 0.05) is 12.6 Å². The fourth-order valence-corrected chi connectivity index (χ4v) is 3.01. The largest absolute Gasteiger partial charge is 0.252 e. The van der Waals surface area contributed by atoms with Gasteiger partial charge in [0.1, 0.15) is 5.82 Å². The van der Waals surface area contributed by atoms with Gasteiger partial charge in [-0.1, -0.05) is 0 Å². The summed E-state index contributed by atoms with van der Waals surface area (Å²) in [5.41, 5.74) is 0.118. The standard InChI is InChI=1S/C11H13ClF3NO2S/c1-7-3-9(4-8(5-12)11(7)15)19(17,18)16(2)6-10(13)14/h3-4,10H,5-6H2,1-2H3. The van der Waals surface area contributed by atoms with Crippen LogP contribution in [-0.4, -0.2) is 32.7 Å². The van der Waals surface area contributed by atoms with E-state index in [-0.39, 0.29) is 21.9 Å². The number of hydrogen-bond donors (Lipinski definition) is 0. The summed E-state index contributed by atoms with van der Waals surface area (Å²) in [7, 11) is -3.04. The number of alkyl halides is 3. The minimum Gasteiger partial charge on any atom is -0.209 e. The van der Waals surface area contributed by atoms with Gasteiger partial charge in [0.2, 0.25) is 10.0 Å². The zero-order valence-corrected chi connectivity index (χ0v) is 11.9. The molecule has 8 heteroatoms. The fourth-order valence-electron chi connectivity index (χ4n) is 1.53. The predicted molar refractivity (Wildman–Crippen MR) is 66.5 cm³/mol. The van der Waals surface area contributed by atoms with E-state index in [2.05, 4.69) is 0 Å². The zero-order chi connectivity index (χ0) is 14.8. The Labute approximate surface area is 115 Å². The van der Waals surface area contributed by atoms with Gasteiger partial charge in [-0.25, -0.2) is 21.6 Å². The molecule has 0 unspecified atom stereocenters. The summed E-state index contributed by atoms with van der Waals surface area (Å²) in [6.07, 6.45) is -2.78. The zero-order valence-electron chi connectivity index (χ0n) is 10.3. The van der Waals surface area contributed by atoms with Gasteiger partial charge in [-0.05, 0) is 24.6 Å². The van der Waals surface area contributed by atoms with Crippen LogP contribution in [0.25, 0.3) is 0 Å². The molecule has 0 N–H and O–H groups in total. The summed E-state index contributed by atoms with van der Waals surface area (Å²) >= 11 is 5.52. The minimum atomic E-state index is -4.08. The first-order valence-electron chi connectivity index (χ1n) is 5.29. The van der Waals surface area contributed by atoms with E-state index < -0.39 is 28.8 Å². The van der Waals surface area contributed by atoms with Crippen molar-refractivity contribution < 1.29 is 21.6 Å². The summed E-state index contributed by atoms with van der Waals surface area (Å²) in [5.74, 6) is -0.792. The molecule has 1 rings (SSSR count). The van der Waals surface area contributed by atoms with Gasteiger partial charge in [-0.2, -0.15) is 4.31 Å². The highest BCUT2D eigenvalue weighted by molar-refractivity contribution is 7.89. The molecule has 0 saturated carbocycles. The molecule has 0 heterocycles. The SMILES string of the molecule is Cc1cc(S(=O)(=O)N(C)CC(F)F)cc(CCl)c1F. The first-order chi connectivity index (χ1) is 8.70. The van der Waals surface area contributed by atoms with E-state index in [1.54, 1.807) is 0 Å². The van der Waals surface area contributed by atoms with Crippen molar-refractivity contribution >= 4 is 21.6 Å².